The third-order valence-corrected chi connectivity index (χ3v) is 4.93. The molecule has 1 heterocycles. The summed E-state index contributed by atoms with van der Waals surface area (Å²) in [4.78, 5) is 12.3. The van der Waals surface area contributed by atoms with Crippen molar-refractivity contribution in [3.05, 3.63) is 0 Å². The fourth-order valence-corrected chi connectivity index (χ4v) is 3.42. The normalized spacial score (nSPS) is 21.2. The third-order valence-electron chi connectivity index (χ3n) is 4.93. The summed E-state index contributed by atoms with van der Waals surface area (Å²) in [7, 11) is 0. The monoisotopic (exact) mass is 310 g/mol. The largest absolute Gasteiger partial charge is 0.356 e. The highest BCUT2D eigenvalue weighted by molar-refractivity contribution is 5.79. The molecule has 0 unspecified atom stereocenters. The summed E-state index contributed by atoms with van der Waals surface area (Å²) in [6.07, 6.45) is 14.2. The lowest BCUT2D eigenvalue weighted by Crippen LogP contribution is -2.35. The standard InChI is InChI=1S/C19H38N2O/c1-3-5-7-9-10-11-13-17-15-20-16-18(17)19(22)21-14-12-8-6-4-2/h17-18,20H,3-16H2,1-2H3,(H,21,22)/t17-,18-/m1/s1. The molecule has 2 N–H and O–H groups in total. The average molecular weight is 311 g/mol. The second-order valence-electron chi connectivity index (χ2n) is 6.93. The molecule has 0 radical (unpaired) electrons. The first-order chi connectivity index (χ1) is 10.8. The van der Waals surface area contributed by atoms with E-state index in [1.165, 1.54) is 64.2 Å². The van der Waals surface area contributed by atoms with E-state index in [-0.39, 0.29) is 11.8 Å². The van der Waals surface area contributed by atoms with E-state index >= 15 is 0 Å². The van der Waals surface area contributed by atoms with Crippen molar-refractivity contribution in [3.63, 3.8) is 0 Å². The van der Waals surface area contributed by atoms with E-state index in [2.05, 4.69) is 24.5 Å². The molecule has 1 rings (SSSR count). The van der Waals surface area contributed by atoms with Crippen LogP contribution in [0.4, 0.5) is 0 Å². The van der Waals surface area contributed by atoms with Gasteiger partial charge in [0, 0.05) is 13.1 Å². The molecule has 0 saturated carbocycles. The zero-order valence-electron chi connectivity index (χ0n) is 15.0. The van der Waals surface area contributed by atoms with Crippen molar-refractivity contribution in [3.8, 4) is 0 Å². The quantitative estimate of drug-likeness (QED) is 0.499. The van der Waals surface area contributed by atoms with Crippen molar-refractivity contribution in [1.29, 1.82) is 0 Å². The van der Waals surface area contributed by atoms with Crippen LogP contribution in [0.5, 0.6) is 0 Å². The van der Waals surface area contributed by atoms with Gasteiger partial charge in [-0.05, 0) is 25.3 Å². The van der Waals surface area contributed by atoms with E-state index in [0.29, 0.717) is 5.92 Å². The maximum Gasteiger partial charge on any atom is 0.224 e. The van der Waals surface area contributed by atoms with Gasteiger partial charge in [-0.15, -0.1) is 0 Å². The molecule has 1 fully saturated rings. The molecular weight excluding hydrogens is 272 g/mol. The summed E-state index contributed by atoms with van der Waals surface area (Å²) >= 11 is 0. The minimum atomic E-state index is 0.210. The van der Waals surface area contributed by atoms with Gasteiger partial charge in [-0.3, -0.25) is 4.79 Å². The van der Waals surface area contributed by atoms with Gasteiger partial charge in [0.15, 0.2) is 0 Å². The number of nitrogens with one attached hydrogen (secondary N) is 2. The lowest BCUT2D eigenvalue weighted by molar-refractivity contribution is -0.125. The SMILES string of the molecule is CCCCCCCC[C@@H]1CNC[C@H]1C(=O)NCCCCCC. The van der Waals surface area contributed by atoms with Gasteiger partial charge in [-0.25, -0.2) is 0 Å². The highest BCUT2D eigenvalue weighted by Gasteiger charge is 2.31. The number of unbranched alkanes of at least 4 members (excludes halogenated alkanes) is 8. The Morgan fingerprint density at radius 3 is 2.27 bits per heavy atom. The first kappa shape index (κ1) is 19.5. The number of rotatable bonds is 13. The van der Waals surface area contributed by atoms with Crippen LogP contribution < -0.4 is 10.6 Å². The van der Waals surface area contributed by atoms with Crippen LogP contribution in [-0.4, -0.2) is 25.5 Å². The molecule has 3 heteroatoms. The Bertz CT molecular complexity index is 281. The Balaban J connectivity index is 2.12. The van der Waals surface area contributed by atoms with Gasteiger partial charge in [0.2, 0.25) is 5.91 Å². The van der Waals surface area contributed by atoms with Crippen LogP contribution >= 0.6 is 0 Å². The Hall–Kier alpha value is -0.570. The van der Waals surface area contributed by atoms with Crippen molar-refractivity contribution in [1.82, 2.24) is 10.6 Å². The number of carbonyl (C=O) groups excluding carboxylic acids is 1. The molecule has 1 amide bonds. The van der Waals surface area contributed by atoms with Crippen LogP contribution in [0.25, 0.3) is 0 Å². The smallest absolute Gasteiger partial charge is 0.224 e. The fourth-order valence-electron chi connectivity index (χ4n) is 3.42. The lowest BCUT2D eigenvalue weighted by atomic mass is 9.90. The predicted octanol–water partition coefficient (Wildman–Crippen LogP) is 4.27. The first-order valence-corrected chi connectivity index (χ1v) is 9.78. The molecule has 1 saturated heterocycles. The molecule has 1 aliphatic rings. The Morgan fingerprint density at radius 1 is 0.909 bits per heavy atom. The molecule has 0 aromatic heterocycles. The first-order valence-electron chi connectivity index (χ1n) is 9.78. The number of hydrogen-bond donors (Lipinski definition) is 2. The number of hydrogen-bond acceptors (Lipinski definition) is 2. The Morgan fingerprint density at radius 2 is 1.55 bits per heavy atom. The minimum absolute atomic E-state index is 0.210. The molecule has 0 bridgehead atoms. The Kier molecular flexibility index (Phi) is 11.4. The third kappa shape index (κ3) is 8.17. The summed E-state index contributed by atoms with van der Waals surface area (Å²) in [6.45, 7) is 7.24. The summed E-state index contributed by atoms with van der Waals surface area (Å²) in [5.74, 6) is 1.06. The van der Waals surface area contributed by atoms with Gasteiger partial charge in [0.05, 0.1) is 5.92 Å². The molecule has 22 heavy (non-hydrogen) atoms. The van der Waals surface area contributed by atoms with E-state index in [4.69, 9.17) is 0 Å². The summed E-state index contributed by atoms with van der Waals surface area (Å²) in [6, 6.07) is 0. The summed E-state index contributed by atoms with van der Waals surface area (Å²) in [5, 5.41) is 6.57. The van der Waals surface area contributed by atoms with E-state index in [0.717, 1.165) is 26.1 Å². The summed E-state index contributed by atoms with van der Waals surface area (Å²) < 4.78 is 0. The van der Waals surface area contributed by atoms with Crippen molar-refractivity contribution < 1.29 is 4.79 Å². The van der Waals surface area contributed by atoms with Crippen molar-refractivity contribution in [2.45, 2.75) is 84.5 Å². The van der Waals surface area contributed by atoms with Gasteiger partial charge >= 0.3 is 0 Å². The van der Waals surface area contributed by atoms with Crippen molar-refractivity contribution in [2.75, 3.05) is 19.6 Å². The zero-order valence-corrected chi connectivity index (χ0v) is 15.0. The minimum Gasteiger partial charge on any atom is -0.356 e. The van der Waals surface area contributed by atoms with E-state index in [1.54, 1.807) is 0 Å². The van der Waals surface area contributed by atoms with Gasteiger partial charge in [-0.2, -0.15) is 0 Å². The predicted molar refractivity (Wildman–Crippen MR) is 95.0 cm³/mol. The van der Waals surface area contributed by atoms with Crippen LogP contribution in [0.15, 0.2) is 0 Å². The number of carbonyl (C=O) groups is 1. The Labute approximate surface area is 138 Å². The molecule has 0 aromatic rings. The van der Waals surface area contributed by atoms with E-state index < -0.39 is 0 Å². The van der Waals surface area contributed by atoms with Crippen LogP contribution in [0.3, 0.4) is 0 Å². The van der Waals surface area contributed by atoms with Gasteiger partial charge in [0.1, 0.15) is 0 Å². The molecule has 1 aliphatic heterocycles. The van der Waals surface area contributed by atoms with Gasteiger partial charge in [-0.1, -0.05) is 71.6 Å². The molecule has 0 aliphatic carbocycles. The second-order valence-corrected chi connectivity index (χ2v) is 6.93. The molecular formula is C19H38N2O. The highest BCUT2D eigenvalue weighted by atomic mass is 16.1. The zero-order chi connectivity index (χ0) is 16.0. The molecule has 3 nitrogen and oxygen atoms in total. The van der Waals surface area contributed by atoms with Crippen LogP contribution in [0.1, 0.15) is 84.5 Å². The van der Waals surface area contributed by atoms with Gasteiger partial charge < -0.3 is 10.6 Å². The van der Waals surface area contributed by atoms with E-state index in [9.17, 15) is 4.79 Å². The molecule has 0 spiro atoms. The van der Waals surface area contributed by atoms with Gasteiger partial charge in [0.25, 0.3) is 0 Å². The van der Waals surface area contributed by atoms with Crippen molar-refractivity contribution in [2.24, 2.45) is 11.8 Å². The van der Waals surface area contributed by atoms with Crippen LogP contribution in [0.2, 0.25) is 0 Å². The molecule has 2 atom stereocenters. The molecule has 0 aromatic carbocycles. The highest BCUT2D eigenvalue weighted by Crippen LogP contribution is 2.23. The second kappa shape index (κ2) is 12.9. The maximum atomic E-state index is 12.3. The van der Waals surface area contributed by atoms with Crippen LogP contribution in [0, 0.1) is 11.8 Å². The summed E-state index contributed by atoms with van der Waals surface area (Å²) in [5.41, 5.74) is 0. The number of amides is 1. The topological polar surface area (TPSA) is 41.1 Å². The van der Waals surface area contributed by atoms with Crippen LogP contribution in [-0.2, 0) is 4.79 Å². The maximum absolute atomic E-state index is 12.3. The lowest BCUT2D eigenvalue weighted by Gasteiger charge is -2.18. The fraction of sp³-hybridized carbons (Fsp3) is 0.947. The average Bonchev–Trinajstić information content (AvgIpc) is 2.99. The van der Waals surface area contributed by atoms with E-state index in [1.807, 2.05) is 0 Å². The molecule has 130 valence electrons. The van der Waals surface area contributed by atoms with Crippen molar-refractivity contribution >= 4 is 5.91 Å².